The smallest absolute Gasteiger partial charge is 0.406 e. The molecule has 0 spiro atoms. The summed E-state index contributed by atoms with van der Waals surface area (Å²) in [6.07, 6.45) is -0.501. The highest BCUT2D eigenvalue weighted by molar-refractivity contribution is 7.15. The van der Waals surface area contributed by atoms with Crippen LogP contribution in [0, 0.1) is 0 Å². The first-order valence-electron chi connectivity index (χ1n) is 6.54. The minimum Gasteiger partial charge on any atom is -0.406 e. The van der Waals surface area contributed by atoms with Gasteiger partial charge in [0.25, 0.3) is 0 Å². The molecule has 21 heavy (non-hydrogen) atoms. The fourth-order valence-corrected chi connectivity index (χ4v) is 2.74. The Labute approximate surface area is 123 Å². The number of benzene rings is 1. The first kappa shape index (κ1) is 14.3. The molecule has 0 saturated heterocycles. The number of hydrogen-bond acceptors (Lipinski definition) is 4. The molecule has 1 saturated carbocycles. The van der Waals surface area contributed by atoms with Crippen LogP contribution in [0.4, 0.5) is 13.2 Å². The van der Waals surface area contributed by atoms with Crippen LogP contribution in [0.1, 0.15) is 17.7 Å². The topological polar surface area (TPSA) is 34.1 Å². The molecular formula is C14H13F3N2OS. The van der Waals surface area contributed by atoms with Crippen molar-refractivity contribution >= 4 is 11.3 Å². The maximum Gasteiger partial charge on any atom is 0.573 e. The second-order valence-electron chi connectivity index (χ2n) is 4.86. The van der Waals surface area contributed by atoms with E-state index < -0.39 is 6.36 Å². The summed E-state index contributed by atoms with van der Waals surface area (Å²) in [6, 6.07) is 6.49. The van der Waals surface area contributed by atoms with Crippen molar-refractivity contribution in [3.63, 3.8) is 0 Å². The Balaban J connectivity index is 1.71. The molecule has 0 aliphatic heterocycles. The lowest BCUT2D eigenvalue weighted by molar-refractivity contribution is -0.274. The van der Waals surface area contributed by atoms with Gasteiger partial charge in [0.2, 0.25) is 0 Å². The van der Waals surface area contributed by atoms with Gasteiger partial charge in [0.1, 0.15) is 10.8 Å². The predicted octanol–water partition coefficient (Wildman–Crippen LogP) is 3.96. The number of hydrogen-bond donors (Lipinski definition) is 1. The highest BCUT2D eigenvalue weighted by Crippen LogP contribution is 2.30. The van der Waals surface area contributed by atoms with Gasteiger partial charge in [-0.1, -0.05) is 12.1 Å². The largest absolute Gasteiger partial charge is 0.573 e. The van der Waals surface area contributed by atoms with Gasteiger partial charge in [-0.05, 0) is 25.0 Å². The van der Waals surface area contributed by atoms with E-state index in [0.29, 0.717) is 16.6 Å². The van der Waals surface area contributed by atoms with Gasteiger partial charge in [0.15, 0.2) is 0 Å². The van der Waals surface area contributed by atoms with Crippen LogP contribution in [-0.4, -0.2) is 17.4 Å². The Bertz CT molecular complexity index is 623. The number of rotatable bonds is 5. The number of halogens is 3. The molecule has 3 nitrogen and oxygen atoms in total. The molecule has 7 heteroatoms. The van der Waals surface area contributed by atoms with Crippen molar-refractivity contribution < 1.29 is 17.9 Å². The summed E-state index contributed by atoms with van der Waals surface area (Å²) >= 11 is 1.47. The summed E-state index contributed by atoms with van der Waals surface area (Å²) in [7, 11) is 0. The average molecular weight is 314 g/mol. The van der Waals surface area contributed by atoms with Gasteiger partial charge in [-0.3, -0.25) is 0 Å². The number of ether oxygens (including phenoxy) is 1. The van der Waals surface area contributed by atoms with Gasteiger partial charge in [0, 0.05) is 29.2 Å². The van der Waals surface area contributed by atoms with E-state index in [2.05, 4.69) is 15.0 Å². The summed E-state index contributed by atoms with van der Waals surface area (Å²) < 4.78 is 40.6. The third-order valence-corrected chi connectivity index (χ3v) is 4.06. The van der Waals surface area contributed by atoms with Gasteiger partial charge in [-0.15, -0.1) is 24.5 Å². The van der Waals surface area contributed by atoms with Gasteiger partial charge < -0.3 is 10.1 Å². The van der Waals surface area contributed by atoms with E-state index in [-0.39, 0.29) is 5.75 Å². The minimum atomic E-state index is -4.68. The quantitative estimate of drug-likeness (QED) is 0.907. The first-order chi connectivity index (χ1) is 9.99. The van der Waals surface area contributed by atoms with Crippen LogP contribution in [0.3, 0.4) is 0 Å². The van der Waals surface area contributed by atoms with Gasteiger partial charge in [-0.25, -0.2) is 4.98 Å². The van der Waals surface area contributed by atoms with Gasteiger partial charge in [-0.2, -0.15) is 0 Å². The van der Waals surface area contributed by atoms with E-state index in [4.69, 9.17) is 0 Å². The van der Waals surface area contributed by atoms with Crippen LogP contribution in [0.25, 0.3) is 10.6 Å². The standard InChI is InChI=1S/C14H13F3N2OS/c15-14(16,17)20-11-3-1-2-9(6-11)13-19-8-12(21-13)7-18-10-4-5-10/h1-3,6,8,10,18H,4-5,7H2. The Morgan fingerprint density at radius 3 is 2.86 bits per heavy atom. The van der Waals surface area contributed by atoms with Crippen molar-refractivity contribution in [2.75, 3.05) is 0 Å². The predicted molar refractivity (Wildman–Crippen MR) is 74.1 cm³/mol. The fraction of sp³-hybridized carbons (Fsp3) is 0.357. The van der Waals surface area contributed by atoms with Crippen LogP contribution in [0.15, 0.2) is 30.5 Å². The molecule has 1 aromatic carbocycles. The monoisotopic (exact) mass is 314 g/mol. The Morgan fingerprint density at radius 1 is 1.33 bits per heavy atom. The van der Waals surface area contributed by atoms with E-state index in [1.54, 1.807) is 12.3 Å². The van der Waals surface area contributed by atoms with Crippen LogP contribution < -0.4 is 10.1 Å². The molecule has 3 rings (SSSR count). The minimum absolute atomic E-state index is 0.229. The maximum atomic E-state index is 12.2. The van der Waals surface area contributed by atoms with Crippen molar-refractivity contribution in [1.29, 1.82) is 0 Å². The molecular weight excluding hydrogens is 301 g/mol. The lowest BCUT2D eigenvalue weighted by atomic mass is 10.2. The molecule has 0 bridgehead atoms. The van der Waals surface area contributed by atoms with Crippen molar-refractivity contribution in [3.05, 3.63) is 35.3 Å². The lowest BCUT2D eigenvalue weighted by Crippen LogP contribution is -2.17. The molecule has 1 fully saturated rings. The van der Waals surface area contributed by atoms with Gasteiger partial charge in [0.05, 0.1) is 0 Å². The molecule has 1 heterocycles. The molecule has 2 aromatic rings. The number of nitrogens with zero attached hydrogens (tertiary/aromatic N) is 1. The number of alkyl halides is 3. The summed E-state index contributed by atoms with van der Waals surface area (Å²) in [5.74, 6) is -0.229. The van der Waals surface area contributed by atoms with Crippen LogP contribution in [0.2, 0.25) is 0 Å². The van der Waals surface area contributed by atoms with E-state index in [9.17, 15) is 13.2 Å². The van der Waals surface area contributed by atoms with Gasteiger partial charge >= 0.3 is 6.36 Å². The summed E-state index contributed by atoms with van der Waals surface area (Å²) in [5.41, 5.74) is 0.624. The van der Waals surface area contributed by atoms with Crippen LogP contribution >= 0.6 is 11.3 Å². The summed E-state index contributed by atoms with van der Waals surface area (Å²) in [5, 5.41) is 4.07. The Morgan fingerprint density at radius 2 is 2.14 bits per heavy atom. The highest BCUT2D eigenvalue weighted by atomic mass is 32.1. The highest BCUT2D eigenvalue weighted by Gasteiger charge is 2.31. The van der Waals surface area contributed by atoms with Crippen LogP contribution in [0.5, 0.6) is 5.75 Å². The molecule has 0 atom stereocenters. The zero-order chi connectivity index (χ0) is 14.9. The van der Waals surface area contributed by atoms with Crippen molar-refractivity contribution in [2.24, 2.45) is 0 Å². The molecule has 112 valence electrons. The normalized spacial score (nSPS) is 15.2. The van der Waals surface area contributed by atoms with Crippen molar-refractivity contribution in [3.8, 4) is 16.3 Å². The zero-order valence-electron chi connectivity index (χ0n) is 11.0. The second-order valence-corrected chi connectivity index (χ2v) is 5.98. The SMILES string of the molecule is FC(F)(F)Oc1cccc(-c2ncc(CNC3CC3)s2)c1. The second kappa shape index (κ2) is 5.65. The fourth-order valence-electron chi connectivity index (χ4n) is 1.88. The molecule has 0 amide bonds. The number of nitrogens with one attached hydrogen (secondary N) is 1. The van der Waals surface area contributed by atoms with E-state index in [0.717, 1.165) is 11.4 Å². The summed E-state index contributed by atoms with van der Waals surface area (Å²) in [4.78, 5) is 5.33. The zero-order valence-corrected chi connectivity index (χ0v) is 11.8. The maximum absolute atomic E-state index is 12.2. The molecule has 0 radical (unpaired) electrons. The molecule has 1 aliphatic carbocycles. The third kappa shape index (κ3) is 4.18. The molecule has 1 N–H and O–H groups in total. The third-order valence-electron chi connectivity index (χ3n) is 3.01. The van der Waals surface area contributed by atoms with Crippen LogP contribution in [-0.2, 0) is 6.54 Å². The summed E-state index contributed by atoms with van der Waals surface area (Å²) in [6.45, 7) is 0.751. The molecule has 1 aliphatic rings. The van der Waals surface area contributed by atoms with E-state index >= 15 is 0 Å². The number of aromatic nitrogens is 1. The number of thiazole rings is 1. The molecule has 0 unspecified atom stereocenters. The first-order valence-corrected chi connectivity index (χ1v) is 7.35. The van der Waals surface area contributed by atoms with E-state index in [1.807, 2.05) is 0 Å². The Hall–Kier alpha value is -1.60. The lowest BCUT2D eigenvalue weighted by Gasteiger charge is -2.09. The average Bonchev–Trinajstić information content (AvgIpc) is 3.12. The Kier molecular flexibility index (Phi) is 3.86. The van der Waals surface area contributed by atoms with E-state index in [1.165, 1.54) is 42.4 Å². The molecule has 1 aromatic heterocycles. The van der Waals surface area contributed by atoms with Crippen molar-refractivity contribution in [2.45, 2.75) is 31.8 Å². The van der Waals surface area contributed by atoms with Crippen molar-refractivity contribution in [1.82, 2.24) is 10.3 Å².